The number of hydrogen-bond donors (Lipinski definition) is 1. The van der Waals surface area contributed by atoms with Crippen molar-refractivity contribution in [2.45, 2.75) is 51.9 Å². The number of rotatable bonds is 6. The lowest BCUT2D eigenvalue weighted by Gasteiger charge is -2.24. The molecule has 2 N–H and O–H groups in total. The number of ether oxygens (including phenoxy) is 1. The van der Waals surface area contributed by atoms with E-state index < -0.39 is 17.8 Å². The van der Waals surface area contributed by atoms with Gasteiger partial charge in [-0.25, -0.2) is 9.97 Å². The number of pyridine rings is 2. The predicted molar refractivity (Wildman–Crippen MR) is 107 cm³/mol. The molecule has 0 fully saturated rings. The van der Waals surface area contributed by atoms with Gasteiger partial charge in [0.2, 0.25) is 5.88 Å². The molecule has 2 heterocycles. The van der Waals surface area contributed by atoms with Gasteiger partial charge in [0.1, 0.15) is 5.15 Å². The molecule has 0 bridgehead atoms. The minimum Gasteiger partial charge on any atom is -0.464 e. The number of aromatic nitrogens is 2. The molecule has 2 aromatic rings. The van der Waals surface area contributed by atoms with Crippen molar-refractivity contribution in [1.82, 2.24) is 9.97 Å². The Bertz CT molecular complexity index is 751. The Labute approximate surface area is 167 Å². The molecule has 0 radical (unpaired) electrons. The van der Waals surface area contributed by atoms with Crippen LogP contribution >= 0.6 is 23.4 Å². The molecule has 9 heteroatoms. The highest BCUT2D eigenvalue weighted by Crippen LogP contribution is 2.35. The molecular weight excluding hydrogens is 399 g/mol. The fourth-order valence-corrected chi connectivity index (χ4v) is 2.95. The summed E-state index contributed by atoms with van der Waals surface area (Å²) in [4.78, 5) is 8.01. The highest BCUT2D eigenvalue weighted by molar-refractivity contribution is 7.98. The van der Waals surface area contributed by atoms with E-state index >= 15 is 0 Å². The fourth-order valence-electron chi connectivity index (χ4n) is 2.34. The maximum atomic E-state index is 13.2. The summed E-state index contributed by atoms with van der Waals surface area (Å²) >= 11 is 7.27. The SMILES string of the molecule is CC.CSCCC(Oc1ncc(C(C)(C)N)c2cc(Cl)ncc12)C(F)(F)F. The van der Waals surface area contributed by atoms with E-state index in [0.717, 1.165) is 0 Å². The van der Waals surface area contributed by atoms with Crippen LogP contribution < -0.4 is 10.5 Å². The average molecular weight is 424 g/mol. The Balaban J connectivity index is 0.00000176. The van der Waals surface area contributed by atoms with Crippen LogP contribution in [0.5, 0.6) is 5.88 Å². The molecule has 0 aliphatic heterocycles. The van der Waals surface area contributed by atoms with E-state index in [2.05, 4.69) is 9.97 Å². The van der Waals surface area contributed by atoms with E-state index in [9.17, 15) is 13.2 Å². The molecule has 27 heavy (non-hydrogen) atoms. The van der Waals surface area contributed by atoms with E-state index in [0.29, 0.717) is 22.1 Å². The highest BCUT2D eigenvalue weighted by Gasteiger charge is 2.42. The van der Waals surface area contributed by atoms with Gasteiger partial charge in [-0.05, 0) is 42.9 Å². The second kappa shape index (κ2) is 9.80. The summed E-state index contributed by atoms with van der Waals surface area (Å²) in [7, 11) is 0. The lowest BCUT2D eigenvalue weighted by Crippen LogP contribution is -2.35. The van der Waals surface area contributed by atoms with Crippen molar-refractivity contribution in [1.29, 1.82) is 0 Å². The van der Waals surface area contributed by atoms with Crippen LogP contribution in [0.4, 0.5) is 13.2 Å². The van der Waals surface area contributed by atoms with E-state index in [-0.39, 0.29) is 17.5 Å². The van der Waals surface area contributed by atoms with Crippen LogP contribution in [0.15, 0.2) is 18.5 Å². The smallest absolute Gasteiger partial charge is 0.425 e. The first-order valence-electron chi connectivity index (χ1n) is 8.50. The van der Waals surface area contributed by atoms with Gasteiger partial charge < -0.3 is 10.5 Å². The third kappa shape index (κ3) is 6.40. The Morgan fingerprint density at radius 2 is 1.81 bits per heavy atom. The molecule has 0 saturated heterocycles. The summed E-state index contributed by atoms with van der Waals surface area (Å²) < 4.78 is 45.0. The highest BCUT2D eigenvalue weighted by atomic mass is 35.5. The molecule has 1 unspecified atom stereocenters. The van der Waals surface area contributed by atoms with Crippen LogP contribution in [-0.2, 0) is 5.54 Å². The van der Waals surface area contributed by atoms with Crippen LogP contribution in [0.2, 0.25) is 5.15 Å². The van der Waals surface area contributed by atoms with Crippen molar-refractivity contribution in [2.24, 2.45) is 5.73 Å². The minimum absolute atomic E-state index is 0.129. The summed E-state index contributed by atoms with van der Waals surface area (Å²) in [5, 5.41) is 1.13. The summed E-state index contributed by atoms with van der Waals surface area (Å²) in [6.45, 7) is 7.55. The van der Waals surface area contributed by atoms with Gasteiger partial charge in [-0.2, -0.15) is 24.9 Å². The third-order valence-electron chi connectivity index (χ3n) is 3.60. The van der Waals surface area contributed by atoms with Gasteiger partial charge in [-0.15, -0.1) is 0 Å². The van der Waals surface area contributed by atoms with Crippen LogP contribution in [0, 0.1) is 0 Å². The average Bonchev–Trinajstić information content (AvgIpc) is 2.57. The Kier molecular flexibility index (Phi) is 8.63. The van der Waals surface area contributed by atoms with Gasteiger partial charge in [0.05, 0.1) is 5.39 Å². The number of fused-ring (bicyclic) bond motifs is 1. The minimum atomic E-state index is -4.49. The van der Waals surface area contributed by atoms with Crippen LogP contribution in [-0.4, -0.2) is 34.3 Å². The number of nitrogens with zero attached hydrogens (tertiary/aromatic N) is 2. The van der Waals surface area contributed by atoms with Crippen LogP contribution in [0.3, 0.4) is 0 Å². The lowest BCUT2D eigenvalue weighted by atomic mass is 9.93. The molecule has 0 aromatic carbocycles. The normalized spacial score (nSPS) is 13.1. The van der Waals surface area contributed by atoms with Crippen molar-refractivity contribution in [2.75, 3.05) is 12.0 Å². The largest absolute Gasteiger partial charge is 0.464 e. The number of nitrogens with two attached hydrogens (primary N) is 1. The van der Waals surface area contributed by atoms with E-state index in [4.69, 9.17) is 22.1 Å². The fraction of sp³-hybridized carbons (Fsp3) is 0.556. The number of alkyl halides is 3. The molecule has 2 aromatic heterocycles. The monoisotopic (exact) mass is 423 g/mol. The zero-order chi connectivity index (χ0) is 20.8. The number of hydrogen-bond acceptors (Lipinski definition) is 5. The van der Waals surface area contributed by atoms with E-state index in [1.165, 1.54) is 24.2 Å². The predicted octanol–water partition coefficient (Wildman–Crippen LogP) is 5.57. The Morgan fingerprint density at radius 1 is 1.19 bits per heavy atom. The quantitative estimate of drug-likeness (QED) is 0.616. The van der Waals surface area contributed by atoms with Crippen molar-refractivity contribution in [3.05, 3.63) is 29.2 Å². The van der Waals surface area contributed by atoms with E-state index in [1.54, 1.807) is 26.2 Å². The van der Waals surface area contributed by atoms with Gasteiger partial charge in [-0.1, -0.05) is 25.4 Å². The Hall–Kier alpha value is -1.25. The maximum absolute atomic E-state index is 13.2. The molecule has 152 valence electrons. The van der Waals surface area contributed by atoms with Crippen molar-refractivity contribution in [3.63, 3.8) is 0 Å². The summed E-state index contributed by atoms with van der Waals surface area (Å²) in [6.07, 6.45) is -2.07. The first-order valence-corrected chi connectivity index (χ1v) is 10.3. The topological polar surface area (TPSA) is 61.0 Å². The lowest BCUT2D eigenvalue weighted by molar-refractivity contribution is -0.195. The Morgan fingerprint density at radius 3 is 2.33 bits per heavy atom. The first kappa shape index (κ1) is 23.8. The van der Waals surface area contributed by atoms with Crippen molar-refractivity contribution < 1.29 is 17.9 Å². The number of thioether (sulfide) groups is 1. The van der Waals surface area contributed by atoms with Gasteiger partial charge in [0.25, 0.3) is 0 Å². The molecule has 0 spiro atoms. The molecule has 1 atom stereocenters. The zero-order valence-corrected chi connectivity index (χ0v) is 17.6. The molecule has 0 amide bonds. The molecular formula is C18H25ClF3N3OS. The second-order valence-corrected chi connectivity index (χ2v) is 7.55. The summed E-state index contributed by atoms with van der Waals surface area (Å²) in [5.74, 6) is 0.190. The zero-order valence-electron chi connectivity index (χ0n) is 16.0. The van der Waals surface area contributed by atoms with Gasteiger partial charge in [0.15, 0.2) is 6.10 Å². The molecule has 0 saturated carbocycles. The molecule has 0 aliphatic carbocycles. The molecule has 4 nitrogen and oxygen atoms in total. The summed E-state index contributed by atoms with van der Waals surface area (Å²) in [6, 6.07) is 1.56. The number of halogens is 4. The van der Waals surface area contributed by atoms with Crippen molar-refractivity contribution in [3.8, 4) is 5.88 Å². The van der Waals surface area contributed by atoms with Crippen LogP contribution in [0.25, 0.3) is 10.8 Å². The molecule has 2 rings (SSSR count). The van der Waals surface area contributed by atoms with Gasteiger partial charge >= 0.3 is 6.18 Å². The van der Waals surface area contributed by atoms with Crippen LogP contribution in [0.1, 0.15) is 39.7 Å². The van der Waals surface area contributed by atoms with Gasteiger partial charge in [-0.3, -0.25) is 0 Å². The second-order valence-electron chi connectivity index (χ2n) is 6.18. The molecule has 0 aliphatic rings. The maximum Gasteiger partial charge on any atom is 0.425 e. The third-order valence-corrected chi connectivity index (χ3v) is 4.45. The standard InChI is InChI=1S/C16H19ClF3N3OS.C2H6/c1-15(2,21)11-8-23-14(10-7-22-13(17)6-9(10)11)24-12(4-5-25-3)16(18,19)20;1-2/h6-8,12H,4-5,21H2,1-3H3;1-2H3. The van der Waals surface area contributed by atoms with E-state index in [1.807, 2.05) is 13.8 Å². The first-order chi connectivity index (χ1) is 12.5. The summed E-state index contributed by atoms with van der Waals surface area (Å²) in [5.41, 5.74) is 6.02. The van der Waals surface area contributed by atoms with Crippen molar-refractivity contribution >= 4 is 34.1 Å². The van der Waals surface area contributed by atoms with Gasteiger partial charge in [0, 0.05) is 24.4 Å².